The van der Waals surface area contributed by atoms with Gasteiger partial charge in [-0.1, -0.05) is 23.7 Å². The molecule has 0 aliphatic carbocycles. The van der Waals surface area contributed by atoms with Crippen LogP contribution in [0.1, 0.15) is 28.5 Å². The molecule has 156 valence electrons. The van der Waals surface area contributed by atoms with Crippen molar-refractivity contribution in [1.29, 1.82) is 0 Å². The number of halogens is 3. The maximum Gasteiger partial charge on any atom is 0.205 e. The number of rotatable bonds is 8. The lowest BCUT2D eigenvalue weighted by molar-refractivity contribution is 0.103. The molecule has 0 unspecified atom stereocenters. The van der Waals surface area contributed by atoms with E-state index in [1.165, 1.54) is 24.3 Å². The monoisotopic (exact) mass is 492 g/mol. The Morgan fingerprint density at radius 3 is 2.73 bits per heavy atom. The SMILES string of the molecule is CCn1ncc(Br)c1C(=O)/C=C/c1ccc(OC)c(COc2ccc(F)cc2Cl)c1. The van der Waals surface area contributed by atoms with Gasteiger partial charge >= 0.3 is 0 Å². The number of ketones is 1. The summed E-state index contributed by atoms with van der Waals surface area (Å²) in [6.07, 6.45) is 4.82. The number of carbonyl (C=O) groups excluding carboxylic acids is 1. The summed E-state index contributed by atoms with van der Waals surface area (Å²) in [7, 11) is 1.56. The Kier molecular flexibility index (Phi) is 7.29. The zero-order valence-electron chi connectivity index (χ0n) is 16.4. The van der Waals surface area contributed by atoms with Gasteiger partial charge < -0.3 is 9.47 Å². The van der Waals surface area contributed by atoms with E-state index in [0.717, 1.165) is 11.1 Å². The molecule has 0 aliphatic rings. The Hall–Kier alpha value is -2.64. The molecule has 1 heterocycles. The first-order chi connectivity index (χ1) is 14.4. The Morgan fingerprint density at radius 1 is 1.27 bits per heavy atom. The number of aromatic nitrogens is 2. The first-order valence-corrected chi connectivity index (χ1v) is 10.3. The van der Waals surface area contributed by atoms with Gasteiger partial charge in [0, 0.05) is 12.1 Å². The van der Waals surface area contributed by atoms with Crippen molar-refractivity contribution in [1.82, 2.24) is 9.78 Å². The molecule has 0 fully saturated rings. The van der Waals surface area contributed by atoms with E-state index < -0.39 is 5.82 Å². The van der Waals surface area contributed by atoms with Crippen molar-refractivity contribution in [3.8, 4) is 11.5 Å². The van der Waals surface area contributed by atoms with Crippen LogP contribution in [-0.2, 0) is 13.2 Å². The summed E-state index contributed by atoms with van der Waals surface area (Å²) in [5, 5.41) is 4.35. The van der Waals surface area contributed by atoms with Crippen LogP contribution in [0.25, 0.3) is 6.08 Å². The van der Waals surface area contributed by atoms with Crippen LogP contribution in [0.4, 0.5) is 4.39 Å². The molecule has 0 radical (unpaired) electrons. The maximum absolute atomic E-state index is 13.2. The van der Waals surface area contributed by atoms with Crippen LogP contribution in [0.15, 0.2) is 53.1 Å². The third kappa shape index (κ3) is 5.09. The number of hydrogen-bond acceptors (Lipinski definition) is 4. The lowest BCUT2D eigenvalue weighted by Gasteiger charge is -2.12. The minimum Gasteiger partial charge on any atom is -0.496 e. The highest BCUT2D eigenvalue weighted by atomic mass is 79.9. The highest BCUT2D eigenvalue weighted by molar-refractivity contribution is 9.10. The second kappa shape index (κ2) is 9.91. The number of allylic oxidation sites excluding steroid dienone is 1. The van der Waals surface area contributed by atoms with Crippen LogP contribution in [-0.4, -0.2) is 22.7 Å². The van der Waals surface area contributed by atoms with E-state index in [-0.39, 0.29) is 17.4 Å². The number of hydrogen-bond donors (Lipinski definition) is 0. The van der Waals surface area contributed by atoms with E-state index in [1.54, 1.807) is 30.1 Å². The molecule has 8 heteroatoms. The smallest absolute Gasteiger partial charge is 0.205 e. The van der Waals surface area contributed by atoms with Gasteiger partial charge in [0.2, 0.25) is 5.78 Å². The average molecular weight is 494 g/mol. The van der Waals surface area contributed by atoms with Gasteiger partial charge in [-0.15, -0.1) is 0 Å². The zero-order valence-corrected chi connectivity index (χ0v) is 18.7. The van der Waals surface area contributed by atoms with Gasteiger partial charge in [-0.3, -0.25) is 9.48 Å². The largest absolute Gasteiger partial charge is 0.496 e. The van der Waals surface area contributed by atoms with E-state index >= 15 is 0 Å². The number of benzene rings is 2. The molecule has 3 aromatic rings. The van der Waals surface area contributed by atoms with Gasteiger partial charge in [-0.2, -0.15) is 5.10 Å². The summed E-state index contributed by atoms with van der Waals surface area (Å²) >= 11 is 9.38. The third-order valence-corrected chi connectivity index (χ3v) is 5.21. The second-order valence-corrected chi connectivity index (χ2v) is 7.55. The first kappa shape index (κ1) is 22.1. The van der Waals surface area contributed by atoms with Crippen molar-refractivity contribution >= 4 is 39.4 Å². The molecule has 0 saturated heterocycles. The molecule has 0 spiro atoms. The van der Waals surface area contributed by atoms with Crippen molar-refractivity contribution < 1.29 is 18.7 Å². The normalized spacial score (nSPS) is 11.1. The Balaban J connectivity index is 1.79. The van der Waals surface area contributed by atoms with Gasteiger partial charge in [0.15, 0.2) is 0 Å². The Morgan fingerprint density at radius 2 is 2.03 bits per heavy atom. The Bertz CT molecular complexity index is 1100. The summed E-state index contributed by atoms with van der Waals surface area (Å²) in [5.74, 6) is 0.406. The lowest BCUT2D eigenvalue weighted by atomic mass is 10.1. The van der Waals surface area contributed by atoms with Crippen molar-refractivity contribution in [2.45, 2.75) is 20.1 Å². The fourth-order valence-electron chi connectivity index (χ4n) is 2.86. The number of methoxy groups -OCH3 is 1. The van der Waals surface area contributed by atoms with Crippen LogP contribution < -0.4 is 9.47 Å². The molecule has 0 N–H and O–H groups in total. The minimum absolute atomic E-state index is 0.159. The predicted octanol–water partition coefficient (Wildman–Crippen LogP) is 5.94. The molecule has 0 atom stereocenters. The summed E-state index contributed by atoms with van der Waals surface area (Å²) < 4.78 is 26.6. The van der Waals surface area contributed by atoms with E-state index in [1.807, 2.05) is 19.1 Å². The molecule has 0 bridgehead atoms. The minimum atomic E-state index is -0.433. The number of ether oxygens (including phenoxy) is 2. The van der Waals surface area contributed by atoms with Crippen LogP contribution >= 0.6 is 27.5 Å². The molecular formula is C22H19BrClFN2O3. The summed E-state index contributed by atoms with van der Waals surface area (Å²) in [5.41, 5.74) is 2.05. The van der Waals surface area contributed by atoms with Crippen molar-refractivity contribution in [3.05, 3.63) is 80.8 Å². The van der Waals surface area contributed by atoms with Crippen LogP contribution in [0.5, 0.6) is 11.5 Å². The fraction of sp³-hybridized carbons (Fsp3) is 0.182. The van der Waals surface area contributed by atoms with E-state index in [0.29, 0.717) is 28.2 Å². The average Bonchev–Trinajstić information content (AvgIpc) is 3.12. The number of nitrogens with zero attached hydrogens (tertiary/aromatic N) is 2. The van der Waals surface area contributed by atoms with Gasteiger partial charge in [0.05, 0.1) is 22.8 Å². The lowest BCUT2D eigenvalue weighted by Crippen LogP contribution is -2.07. The zero-order chi connectivity index (χ0) is 21.7. The van der Waals surface area contributed by atoms with Crippen molar-refractivity contribution in [2.75, 3.05) is 7.11 Å². The van der Waals surface area contributed by atoms with Crippen molar-refractivity contribution in [2.24, 2.45) is 0 Å². The highest BCUT2D eigenvalue weighted by Gasteiger charge is 2.14. The molecule has 0 amide bonds. The molecule has 30 heavy (non-hydrogen) atoms. The molecular weight excluding hydrogens is 475 g/mol. The maximum atomic E-state index is 13.2. The van der Waals surface area contributed by atoms with Gasteiger partial charge in [0.1, 0.15) is 29.6 Å². The number of aryl methyl sites for hydroxylation is 1. The van der Waals surface area contributed by atoms with E-state index in [2.05, 4.69) is 21.0 Å². The molecule has 0 aliphatic heterocycles. The molecule has 2 aromatic carbocycles. The second-order valence-electron chi connectivity index (χ2n) is 6.29. The fourth-order valence-corrected chi connectivity index (χ4v) is 3.57. The van der Waals surface area contributed by atoms with Crippen molar-refractivity contribution in [3.63, 3.8) is 0 Å². The number of carbonyl (C=O) groups is 1. The third-order valence-electron chi connectivity index (χ3n) is 4.34. The van der Waals surface area contributed by atoms with Gasteiger partial charge in [0.25, 0.3) is 0 Å². The van der Waals surface area contributed by atoms with E-state index in [9.17, 15) is 9.18 Å². The van der Waals surface area contributed by atoms with Gasteiger partial charge in [-0.05, 0) is 64.8 Å². The summed E-state index contributed by atoms with van der Waals surface area (Å²) in [6, 6.07) is 9.43. The predicted molar refractivity (Wildman–Crippen MR) is 118 cm³/mol. The topological polar surface area (TPSA) is 53.4 Å². The first-order valence-electron chi connectivity index (χ1n) is 9.11. The molecule has 3 rings (SSSR count). The van der Waals surface area contributed by atoms with E-state index in [4.69, 9.17) is 21.1 Å². The molecule has 5 nitrogen and oxygen atoms in total. The van der Waals surface area contributed by atoms with Crippen LogP contribution in [0.2, 0.25) is 5.02 Å². The van der Waals surface area contributed by atoms with Gasteiger partial charge in [-0.25, -0.2) is 4.39 Å². The summed E-state index contributed by atoms with van der Waals surface area (Å²) in [4.78, 5) is 12.6. The van der Waals surface area contributed by atoms with Crippen LogP contribution in [0.3, 0.4) is 0 Å². The Labute approximate surface area is 187 Å². The standard InChI is InChI=1S/C22H19BrClFN2O3/c1-3-27-22(17(23)12-26-27)19(28)7-4-14-5-8-20(29-2)15(10-14)13-30-21-9-6-16(25)11-18(21)24/h4-12H,3,13H2,1-2H3/b7-4+. The van der Waals surface area contributed by atoms with Crippen LogP contribution in [0, 0.1) is 5.82 Å². The summed E-state index contributed by atoms with van der Waals surface area (Å²) in [6.45, 7) is 2.68. The highest BCUT2D eigenvalue weighted by Crippen LogP contribution is 2.28. The quantitative estimate of drug-likeness (QED) is 0.288. The molecule has 1 aromatic heterocycles. The molecule has 0 saturated carbocycles.